The summed E-state index contributed by atoms with van der Waals surface area (Å²) in [4.78, 5) is 25.9. The second kappa shape index (κ2) is 12.3. The fourth-order valence-corrected chi connectivity index (χ4v) is 4.45. The zero-order valence-electron chi connectivity index (χ0n) is 21.2. The third-order valence-corrected chi connectivity index (χ3v) is 6.93. The molecule has 4 rings (SSSR count). The fourth-order valence-electron chi connectivity index (χ4n) is 4.17. The largest absolute Gasteiger partial charge is 0.495 e. The van der Waals surface area contributed by atoms with Gasteiger partial charge in [0, 0.05) is 63.3 Å². The molecule has 0 amide bonds. The first-order valence-corrected chi connectivity index (χ1v) is 12.7. The lowest BCUT2D eigenvalue weighted by molar-refractivity contribution is 0.0987. The van der Waals surface area contributed by atoms with Crippen molar-refractivity contribution in [3.8, 4) is 5.75 Å². The number of benzene rings is 1. The summed E-state index contributed by atoms with van der Waals surface area (Å²) in [6.07, 6.45) is 9.15. The highest BCUT2D eigenvalue weighted by Crippen LogP contribution is 2.31. The van der Waals surface area contributed by atoms with E-state index in [-0.39, 0.29) is 5.78 Å². The first kappa shape index (κ1) is 26.1. The second-order valence-electron chi connectivity index (χ2n) is 9.11. The standard InChI is InChI=1S/C26H34ClN7O2/c1-4-23(35)21-13-20(25(27)24(14-21)36-3)6-5-19-15-28-26(29-16-19)31-22-17-30-34(18-22)12-11-33-9-7-32(2)8-10-33/h13-18H,4-12H2,1-3H3,(H,28,29,31). The van der Waals surface area contributed by atoms with E-state index in [2.05, 4.69) is 37.2 Å². The minimum atomic E-state index is 0.0626. The molecule has 0 aliphatic carbocycles. The second-order valence-corrected chi connectivity index (χ2v) is 9.48. The SMILES string of the molecule is CCC(=O)c1cc(CCc2cnc(Nc3cnn(CCN4CCN(C)CC4)c3)nc2)c(Cl)c(OC)c1. The maximum absolute atomic E-state index is 12.2. The number of piperazine rings is 1. The quantitative estimate of drug-likeness (QED) is 0.390. The molecule has 1 aliphatic rings. The number of nitrogens with zero attached hydrogens (tertiary/aromatic N) is 6. The maximum Gasteiger partial charge on any atom is 0.227 e. The number of carbonyl (C=O) groups is 1. The molecule has 1 aliphatic heterocycles. The first-order valence-electron chi connectivity index (χ1n) is 12.4. The van der Waals surface area contributed by atoms with Crippen LogP contribution in [0.2, 0.25) is 5.02 Å². The molecule has 0 unspecified atom stereocenters. The van der Waals surface area contributed by atoms with Gasteiger partial charge < -0.3 is 15.0 Å². The number of nitrogens with one attached hydrogen (secondary N) is 1. The summed E-state index contributed by atoms with van der Waals surface area (Å²) in [5.41, 5.74) is 3.33. The van der Waals surface area contributed by atoms with Crippen LogP contribution in [0.4, 0.5) is 11.6 Å². The average Bonchev–Trinajstić information content (AvgIpc) is 3.35. The molecule has 3 aromatic rings. The van der Waals surface area contributed by atoms with Crippen LogP contribution in [0.5, 0.6) is 5.75 Å². The molecule has 3 heterocycles. The summed E-state index contributed by atoms with van der Waals surface area (Å²) in [6.45, 7) is 8.12. The highest BCUT2D eigenvalue weighted by molar-refractivity contribution is 6.33. The maximum atomic E-state index is 12.2. The van der Waals surface area contributed by atoms with Gasteiger partial charge in [-0.05, 0) is 43.1 Å². The predicted molar refractivity (Wildman–Crippen MR) is 142 cm³/mol. The van der Waals surface area contributed by atoms with Crippen molar-refractivity contribution in [2.75, 3.05) is 52.2 Å². The lowest BCUT2D eigenvalue weighted by atomic mass is 10.0. The molecule has 1 fully saturated rings. The highest BCUT2D eigenvalue weighted by atomic mass is 35.5. The molecular formula is C26H34ClN7O2. The molecule has 1 aromatic carbocycles. The van der Waals surface area contributed by atoms with Crippen LogP contribution in [0.1, 0.15) is 34.8 Å². The van der Waals surface area contributed by atoms with Crippen molar-refractivity contribution in [1.29, 1.82) is 0 Å². The minimum absolute atomic E-state index is 0.0626. The van der Waals surface area contributed by atoms with E-state index in [1.54, 1.807) is 31.8 Å². The van der Waals surface area contributed by atoms with Crippen molar-refractivity contribution in [3.05, 3.63) is 58.6 Å². The molecule has 2 aromatic heterocycles. The number of carbonyl (C=O) groups excluding carboxylic acids is 1. The number of hydrogen-bond donors (Lipinski definition) is 1. The van der Waals surface area contributed by atoms with Crippen LogP contribution >= 0.6 is 11.6 Å². The van der Waals surface area contributed by atoms with Crippen molar-refractivity contribution in [2.24, 2.45) is 0 Å². The topological polar surface area (TPSA) is 88.4 Å². The number of halogens is 1. The summed E-state index contributed by atoms with van der Waals surface area (Å²) >= 11 is 6.49. The zero-order valence-corrected chi connectivity index (χ0v) is 22.0. The van der Waals surface area contributed by atoms with E-state index in [1.165, 1.54) is 0 Å². The summed E-state index contributed by atoms with van der Waals surface area (Å²) < 4.78 is 7.32. The van der Waals surface area contributed by atoms with Crippen molar-refractivity contribution in [2.45, 2.75) is 32.7 Å². The third-order valence-electron chi connectivity index (χ3n) is 6.50. The van der Waals surface area contributed by atoms with Crippen LogP contribution in [0, 0.1) is 0 Å². The Morgan fingerprint density at radius 2 is 1.83 bits per heavy atom. The molecule has 0 atom stereocenters. The van der Waals surface area contributed by atoms with Crippen LogP contribution in [0.25, 0.3) is 0 Å². The van der Waals surface area contributed by atoms with Crippen LogP contribution < -0.4 is 10.1 Å². The van der Waals surface area contributed by atoms with Crippen LogP contribution in [-0.4, -0.2) is 82.2 Å². The number of anilines is 2. The lowest BCUT2D eigenvalue weighted by Crippen LogP contribution is -2.45. The minimum Gasteiger partial charge on any atom is -0.495 e. The Bertz CT molecular complexity index is 1160. The number of likely N-dealkylation sites (N-methyl/N-ethyl adjacent to an activating group) is 1. The Morgan fingerprint density at radius 3 is 2.53 bits per heavy atom. The van der Waals surface area contributed by atoms with Crippen molar-refractivity contribution < 1.29 is 9.53 Å². The Kier molecular flexibility index (Phi) is 8.90. The highest BCUT2D eigenvalue weighted by Gasteiger charge is 2.15. The van der Waals surface area contributed by atoms with Gasteiger partial charge in [0.1, 0.15) is 5.75 Å². The van der Waals surface area contributed by atoms with E-state index in [0.717, 1.165) is 56.1 Å². The number of rotatable bonds is 11. The van der Waals surface area contributed by atoms with Gasteiger partial charge in [0.25, 0.3) is 0 Å². The Balaban J connectivity index is 1.30. The van der Waals surface area contributed by atoms with Crippen molar-refractivity contribution >= 4 is 29.0 Å². The number of methoxy groups -OCH3 is 1. The molecule has 0 saturated carbocycles. The Labute approximate surface area is 217 Å². The number of ketones is 1. The first-order chi connectivity index (χ1) is 17.4. The van der Waals surface area contributed by atoms with Gasteiger partial charge >= 0.3 is 0 Å². The van der Waals surface area contributed by atoms with Gasteiger partial charge in [-0.2, -0.15) is 5.10 Å². The van der Waals surface area contributed by atoms with E-state index in [4.69, 9.17) is 16.3 Å². The van der Waals surface area contributed by atoms with Gasteiger partial charge in [0.05, 0.1) is 30.6 Å². The molecule has 1 saturated heterocycles. The summed E-state index contributed by atoms with van der Waals surface area (Å²) in [6, 6.07) is 3.56. The fraction of sp³-hybridized carbons (Fsp3) is 0.462. The van der Waals surface area contributed by atoms with Crippen molar-refractivity contribution in [3.63, 3.8) is 0 Å². The normalized spacial score (nSPS) is 14.7. The van der Waals surface area contributed by atoms with Crippen molar-refractivity contribution in [1.82, 2.24) is 29.5 Å². The van der Waals surface area contributed by atoms with Gasteiger partial charge in [-0.25, -0.2) is 9.97 Å². The zero-order chi connectivity index (χ0) is 25.5. The molecule has 0 radical (unpaired) electrons. The van der Waals surface area contributed by atoms with E-state index < -0.39 is 0 Å². The molecular weight excluding hydrogens is 478 g/mol. The molecule has 0 spiro atoms. The van der Waals surface area contributed by atoms with E-state index in [1.807, 2.05) is 23.9 Å². The monoisotopic (exact) mass is 511 g/mol. The third kappa shape index (κ3) is 6.81. The average molecular weight is 512 g/mol. The van der Waals surface area contributed by atoms with Gasteiger partial charge in [-0.15, -0.1) is 0 Å². The summed E-state index contributed by atoms with van der Waals surface area (Å²) in [5, 5.41) is 8.21. The van der Waals surface area contributed by atoms with E-state index in [9.17, 15) is 4.79 Å². The number of ether oxygens (including phenoxy) is 1. The molecule has 192 valence electrons. The number of Topliss-reactive ketones (excluding diaryl/α,β-unsaturated/α-hetero) is 1. The van der Waals surface area contributed by atoms with Gasteiger partial charge in [-0.3, -0.25) is 14.4 Å². The molecule has 10 heteroatoms. The van der Waals surface area contributed by atoms with Gasteiger partial charge in [0.2, 0.25) is 5.95 Å². The van der Waals surface area contributed by atoms with Crippen LogP contribution in [0.3, 0.4) is 0 Å². The smallest absolute Gasteiger partial charge is 0.227 e. The van der Waals surface area contributed by atoms with Gasteiger partial charge in [0.15, 0.2) is 5.78 Å². The number of aromatic nitrogens is 4. The van der Waals surface area contributed by atoms with Gasteiger partial charge in [-0.1, -0.05) is 18.5 Å². The predicted octanol–water partition coefficient (Wildman–Crippen LogP) is 3.70. The van der Waals surface area contributed by atoms with E-state index >= 15 is 0 Å². The summed E-state index contributed by atoms with van der Waals surface area (Å²) in [5.74, 6) is 1.10. The van der Waals surface area contributed by atoms with Crippen LogP contribution in [-0.2, 0) is 19.4 Å². The Morgan fingerprint density at radius 1 is 1.08 bits per heavy atom. The molecule has 1 N–H and O–H groups in total. The van der Waals surface area contributed by atoms with E-state index in [0.29, 0.717) is 41.5 Å². The molecule has 9 nitrogen and oxygen atoms in total. The lowest BCUT2D eigenvalue weighted by Gasteiger charge is -2.32. The summed E-state index contributed by atoms with van der Waals surface area (Å²) in [7, 11) is 3.72. The Hall–Kier alpha value is -3.01. The number of aryl methyl sites for hydroxylation is 2. The van der Waals surface area contributed by atoms with Crippen LogP contribution in [0.15, 0.2) is 36.9 Å². The molecule has 36 heavy (non-hydrogen) atoms. The molecule has 0 bridgehead atoms. The number of hydrogen-bond acceptors (Lipinski definition) is 8.